The summed E-state index contributed by atoms with van der Waals surface area (Å²) >= 11 is 0. The summed E-state index contributed by atoms with van der Waals surface area (Å²) in [4.78, 5) is 17.3. The van der Waals surface area contributed by atoms with Crippen LogP contribution in [0.15, 0.2) is 61.2 Å². The van der Waals surface area contributed by atoms with Crippen LogP contribution in [0.1, 0.15) is 36.7 Å². The Morgan fingerprint density at radius 3 is 2.00 bits per heavy atom. The lowest BCUT2D eigenvalue weighted by Gasteiger charge is -2.45. The average Bonchev–Trinajstić information content (AvgIpc) is 2.61. The minimum absolute atomic E-state index is 0.123. The van der Waals surface area contributed by atoms with Crippen molar-refractivity contribution < 1.29 is 4.79 Å². The maximum absolute atomic E-state index is 12.9. The average molecular weight is 334 g/mol. The van der Waals surface area contributed by atoms with Gasteiger partial charge in [0.25, 0.3) is 5.91 Å². The second-order valence-electron chi connectivity index (χ2n) is 7.01. The Kier molecular flexibility index (Phi) is 4.93. The van der Waals surface area contributed by atoms with E-state index in [1.165, 1.54) is 11.3 Å². The molecule has 1 saturated heterocycles. The van der Waals surface area contributed by atoms with E-state index in [4.69, 9.17) is 0 Å². The van der Waals surface area contributed by atoms with Gasteiger partial charge in [-0.25, -0.2) is 0 Å². The Hall–Kier alpha value is -2.55. The van der Waals surface area contributed by atoms with E-state index in [2.05, 4.69) is 49.6 Å². The molecule has 0 bridgehead atoms. The highest BCUT2D eigenvalue weighted by Crippen LogP contribution is 2.25. The highest BCUT2D eigenvalue weighted by Gasteiger charge is 2.33. The maximum Gasteiger partial charge on any atom is 0.254 e. The van der Waals surface area contributed by atoms with Gasteiger partial charge in [0.1, 0.15) is 0 Å². The first kappa shape index (κ1) is 17.3. The molecule has 3 rings (SSSR count). The molecule has 0 unspecified atom stereocenters. The minimum atomic E-state index is 0.123. The molecule has 1 aliphatic heterocycles. The second-order valence-corrected chi connectivity index (χ2v) is 7.01. The van der Waals surface area contributed by atoms with Crippen molar-refractivity contribution in [3.05, 3.63) is 72.3 Å². The molecule has 1 amide bonds. The zero-order valence-electron chi connectivity index (χ0n) is 15.3. The Morgan fingerprint density at radius 2 is 1.48 bits per heavy atom. The maximum atomic E-state index is 12.9. The quantitative estimate of drug-likeness (QED) is 0.827. The number of hydrogen-bond donors (Lipinski definition) is 0. The third kappa shape index (κ3) is 3.60. The molecule has 2 aromatic carbocycles. The van der Waals surface area contributed by atoms with Gasteiger partial charge in [0.2, 0.25) is 0 Å². The highest BCUT2D eigenvalue weighted by atomic mass is 16.2. The van der Waals surface area contributed by atoms with Crippen LogP contribution in [0, 0.1) is 0 Å². The lowest BCUT2D eigenvalue weighted by atomic mass is 10.0. The molecular formula is C22H26N2O. The summed E-state index contributed by atoms with van der Waals surface area (Å²) in [6.45, 7) is 12.0. The topological polar surface area (TPSA) is 23.6 Å². The van der Waals surface area contributed by atoms with E-state index in [0.717, 1.165) is 24.2 Å². The van der Waals surface area contributed by atoms with Gasteiger partial charge in [0, 0.05) is 36.4 Å². The summed E-state index contributed by atoms with van der Waals surface area (Å²) in [5.41, 5.74) is 4.21. The molecule has 0 N–H and O–H groups in total. The number of carbonyl (C=O) groups is 1. The number of allylic oxidation sites excluding steroid dienone is 1. The summed E-state index contributed by atoms with van der Waals surface area (Å²) in [5.74, 6) is 0.123. The fourth-order valence-electron chi connectivity index (χ4n) is 3.62. The first-order valence-corrected chi connectivity index (χ1v) is 8.86. The third-order valence-electron chi connectivity index (χ3n) is 4.90. The molecule has 25 heavy (non-hydrogen) atoms. The van der Waals surface area contributed by atoms with Crippen LogP contribution in [0.3, 0.4) is 0 Å². The normalized spacial score (nSPS) is 20.4. The summed E-state index contributed by atoms with van der Waals surface area (Å²) < 4.78 is 0. The predicted molar refractivity (Wildman–Crippen MR) is 105 cm³/mol. The summed E-state index contributed by atoms with van der Waals surface area (Å²) in [6, 6.07) is 18.4. The molecule has 2 atom stereocenters. The Bertz CT molecular complexity index is 739. The van der Waals surface area contributed by atoms with E-state index >= 15 is 0 Å². The Morgan fingerprint density at radius 1 is 0.920 bits per heavy atom. The van der Waals surface area contributed by atoms with Crippen LogP contribution in [0.5, 0.6) is 0 Å². The van der Waals surface area contributed by atoms with E-state index in [1.54, 1.807) is 0 Å². The predicted octanol–water partition coefficient (Wildman–Crippen LogP) is 4.46. The first-order chi connectivity index (χ1) is 12.0. The summed E-state index contributed by atoms with van der Waals surface area (Å²) in [7, 11) is 0. The first-order valence-electron chi connectivity index (χ1n) is 8.86. The Labute approximate surface area is 150 Å². The van der Waals surface area contributed by atoms with Crippen molar-refractivity contribution in [2.45, 2.75) is 32.9 Å². The Balaban J connectivity index is 1.75. The molecule has 3 heteroatoms. The largest absolute Gasteiger partial charge is 0.367 e. The number of amides is 1. The molecule has 1 aliphatic rings. The molecule has 1 heterocycles. The molecule has 0 radical (unpaired) electrons. The van der Waals surface area contributed by atoms with Gasteiger partial charge in [-0.15, -0.1) is 0 Å². The van der Waals surface area contributed by atoms with E-state index in [0.29, 0.717) is 0 Å². The number of benzene rings is 2. The SMILES string of the molecule is C=C(C)c1ccc(N2C[C@@H](C)N(C(=O)c3ccccc3)[C@@H](C)C2)cc1. The molecule has 0 aliphatic carbocycles. The van der Waals surface area contributed by atoms with Gasteiger partial charge in [-0.2, -0.15) is 0 Å². The fraction of sp³-hybridized carbons (Fsp3) is 0.318. The molecule has 1 fully saturated rings. The highest BCUT2D eigenvalue weighted by molar-refractivity contribution is 5.94. The molecule has 130 valence electrons. The second kappa shape index (κ2) is 7.14. The number of rotatable bonds is 3. The van der Waals surface area contributed by atoms with Gasteiger partial charge in [-0.1, -0.05) is 42.5 Å². The molecule has 0 aromatic heterocycles. The minimum Gasteiger partial charge on any atom is -0.367 e. The number of hydrogen-bond acceptors (Lipinski definition) is 2. The van der Waals surface area contributed by atoms with Crippen LogP contribution in [0.25, 0.3) is 5.57 Å². The molecule has 0 spiro atoms. The third-order valence-corrected chi connectivity index (χ3v) is 4.90. The number of carbonyl (C=O) groups excluding carboxylic acids is 1. The number of piperazine rings is 1. The van der Waals surface area contributed by atoms with Crippen LogP contribution in [0.2, 0.25) is 0 Å². The van der Waals surface area contributed by atoms with Gasteiger partial charge in [0.05, 0.1) is 0 Å². The van der Waals surface area contributed by atoms with Crippen molar-refractivity contribution >= 4 is 17.2 Å². The van der Waals surface area contributed by atoms with Gasteiger partial charge < -0.3 is 9.80 Å². The lowest BCUT2D eigenvalue weighted by Crippen LogP contribution is -2.58. The van der Waals surface area contributed by atoms with Crippen LogP contribution in [-0.2, 0) is 0 Å². The number of nitrogens with zero attached hydrogens (tertiary/aromatic N) is 2. The van der Waals surface area contributed by atoms with Gasteiger partial charge in [-0.3, -0.25) is 4.79 Å². The molecule has 2 aromatic rings. The zero-order valence-corrected chi connectivity index (χ0v) is 15.3. The van der Waals surface area contributed by atoms with Crippen molar-refractivity contribution in [3.63, 3.8) is 0 Å². The van der Waals surface area contributed by atoms with E-state index in [9.17, 15) is 4.79 Å². The monoisotopic (exact) mass is 334 g/mol. The van der Waals surface area contributed by atoms with Crippen LogP contribution >= 0.6 is 0 Å². The van der Waals surface area contributed by atoms with Crippen LogP contribution in [-0.4, -0.2) is 36.0 Å². The van der Waals surface area contributed by atoms with Crippen LogP contribution in [0.4, 0.5) is 5.69 Å². The summed E-state index contributed by atoms with van der Waals surface area (Å²) in [6.07, 6.45) is 0. The number of anilines is 1. The van der Waals surface area contributed by atoms with Crippen molar-refractivity contribution in [1.29, 1.82) is 0 Å². The smallest absolute Gasteiger partial charge is 0.254 e. The summed E-state index contributed by atoms with van der Waals surface area (Å²) in [5, 5.41) is 0. The van der Waals surface area contributed by atoms with E-state index in [1.807, 2.05) is 42.2 Å². The van der Waals surface area contributed by atoms with Gasteiger partial charge in [0.15, 0.2) is 0 Å². The van der Waals surface area contributed by atoms with E-state index < -0.39 is 0 Å². The van der Waals surface area contributed by atoms with Gasteiger partial charge >= 0.3 is 0 Å². The van der Waals surface area contributed by atoms with Crippen LogP contribution < -0.4 is 4.90 Å². The standard InChI is InChI=1S/C22H26N2O/c1-16(2)19-10-12-21(13-11-19)23-14-17(3)24(18(4)15-23)22(25)20-8-6-5-7-9-20/h5-13,17-18H,1,14-15H2,2-4H3/t17-,18+. The van der Waals surface area contributed by atoms with Crippen molar-refractivity contribution in [2.24, 2.45) is 0 Å². The lowest BCUT2D eigenvalue weighted by molar-refractivity contribution is 0.0574. The van der Waals surface area contributed by atoms with Gasteiger partial charge in [-0.05, 0) is 50.6 Å². The fourth-order valence-corrected chi connectivity index (χ4v) is 3.62. The van der Waals surface area contributed by atoms with Crippen molar-refractivity contribution in [2.75, 3.05) is 18.0 Å². The van der Waals surface area contributed by atoms with Crippen molar-refractivity contribution in [1.82, 2.24) is 4.90 Å². The molecule has 3 nitrogen and oxygen atoms in total. The van der Waals surface area contributed by atoms with E-state index in [-0.39, 0.29) is 18.0 Å². The molecular weight excluding hydrogens is 308 g/mol. The zero-order chi connectivity index (χ0) is 18.0. The van der Waals surface area contributed by atoms with Crippen molar-refractivity contribution in [3.8, 4) is 0 Å². The molecule has 0 saturated carbocycles.